The van der Waals surface area contributed by atoms with Gasteiger partial charge in [0.25, 0.3) is 0 Å². The molecule has 0 heterocycles. The number of halogens is 1. The Labute approximate surface area is 135 Å². The van der Waals surface area contributed by atoms with Crippen LogP contribution in [-0.4, -0.2) is 11.7 Å². The first kappa shape index (κ1) is 16.6. The molecule has 0 aliphatic rings. The first-order chi connectivity index (χ1) is 10.7. The van der Waals surface area contributed by atoms with Crippen LogP contribution < -0.4 is 5.32 Å². The molecule has 0 unspecified atom stereocenters. The van der Waals surface area contributed by atoms with Crippen LogP contribution in [0.15, 0.2) is 48.5 Å². The molecule has 0 spiro atoms. The molecule has 0 saturated carbocycles. The van der Waals surface area contributed by atoms with Crippen LogP contribution in [0.5, 0.6) is 0 Å². The lowest BCUT2D eigenvalue weighted by atomic mass is 10.1. The Morgan fingerprint density at radius 1 is 1.00 bits per heavy atom. The zero-order chi connectivity index (χ0) is 15.8. The van der Waals surface area contributed by atoms with E-state index >= 15 is 0 Å². The molecule has 4 heteroatoms. The van der Waals surface area contributed by atoms with Gasteiger partial charge in [0.1, 0.15) is 5.82 Å². The van der Waals surface area contributed by atoms with E-state index in [4.69, 9.17) is 0 Å². The third kappa shape index (κ3) is 5.53. The van der Waals surface area contributed by atoms with Gasteiger partial charge < -0.3 is 5.32 Å². The highest BCUT2D eigenvalue weighted by Crippen LogP contribution is 2.12. The van der Waals surface area contributed by atoms with E-state index < -0.39 is 0 Å². The summed E-state index contributed by atoms with van der Waals surface area (Å²) in [6.07, 6.45) is 1.02. The van der Waals surface area contributed by atoms with Crippen LogP contribution in [0, 0.1) is 5.82 Å². The summed E-state index contributed by atoms with van der Waals surface area (Å²) < 4.78 is 12.8. The predicted octanol–water partition coefficient (Wildman–Crippen LogP) is 3.94. The van der Waals surface area contributed by atoms with Crippen LogP contribution in [0.25, 0.3) is 0 Å². The largest absolute Gasteiger partial charge is 0.351 e. The average molecular weight is 317 g/mol. The Balaban J connectivity index is 1.68. The number of thioether (sulfide) groups is 1. The minimum Gasteiger partial charge on any atom is -0.351 e. The number of carbonyl (C=O) groups excluding carboxylic acids is 1. The number of nitrogens with one attached hydrogen (secondary N) is 1. The molecule has 0 aliphatic heterocycles. The minimum atomic E-state index is -0.236. The summed E-state index contributed by atoms with van der Waals surface area (Å²) in [4.78, 5) is 11.8. The molecular formula is C18H20FNOS. The van der Waals surface area contributed by atoms with Gasteiger partial charge in [-0.1, -0.05) is 43.3 Å². The van der Waals surface area contributed by atoms with Crippen molar-refractivity contribution in [2.75, 3.05) is 5.75 Å². The van der Waals surface area contributed by atoms with Gasteiger partial charge in [-0.15, -0.1) is 11.8 Å². The first-order valence-corrected chi connectivity index (χ1v) is 8.49. The van der Waals surface area contributed by atoms with E-state index in [9.17, 15) is 9.18 Å². The van der Waals surface area contributed by atoms with E-state index in [1.165, 1.54) is 29.5 Å². The fourth-order valence-electron chi connectivity index (χ4n) is 1.99. The van der Waals surface area contributed by atoms with Crippen LogP contribution in [0.3, 0.4) is 0 Å². The van der Waals surface area contributed by atoms with Crippen molar-refractivity contribution in [3.8, 4) is 0 Å². The highest BCUT2D eigenvalue weighted by Gasteiger charge is 2.02. The first-order valence-electron chi connectivity index (χ1n) is 7.34. The van der Waals surface area contributed by atoms with E-state index in [2.05, 4.69) is 24.4 Å². The Kier molecular flexibility index (Phi) is 6.46. The van der Waals surface area contributed by atoms with Crippen molar-refractivity contribution >= 4 is 17.7 Å². The van der Waals surface area contributed by atoms with E-state index in [1.54, 1.807) is 12.1 Å². The van der Waals surface area contributed by atoms with Crippen molar-refractivity contribution in [3.05, 3.63) is 71.0 Å². The van der Waals surface area contributed by atoms with Gasteiger partial charge in [0, 0.05) is 12.3 Å². The van der Waals surface area contributed by atoms with Gasteiger partial charge in [-0.05, 0) is 35.2 Å². The molecule has 22 heavy (non-hydrogen) atoms. The van der Waals surface area contributed by atoms with Gasteiger partial charge in [-0.25, -0.2) is 4.39 Å². The smallest absolute Gasteiger partial charge is 0.230 e. The highest BCUT2D eigenvalue weighted by molar-refractivity contribution is 7.99. The number of benzene rings is 2. The number of carbonyl (C=O) groups is 1. The lowest BCUT2D eigenvalue weighted by Crippen LogP contribution is -2.24. The fraction of sp³-hybridized carbons (Fsp3) is 0.278. The molecule has 2 aromatic carbocycles. The van der Waals surface area contributed by atoms with Crippen molar-refractivity contribution in [3.63, 3.8) is 0 Å². The summed E-state index contributed by atoms with van der Waals surface area (Å²) in [5.74, 6) is 0.899. The molecule has 0 fully saturated rings. The Hall–Kier alpha value is -1.81. The summed E-state index contributed by atoms with van der Waals surface area (Å²) in [5, 5.41) is 2.91. The summed E-state index contributed by atoms with van der Waals surface area (Å²) in [5.41, 5.74) is 3.42. The van der Waals surface area contributed by atoms with Crippen molar-refractivity contribution in [2.45, 2.75) is 25.6 Å². The van der Waals surface area contributed by atoms with Gasteiger partial charge in [0.05, 0.1) is 5.75 Å². The second-order valence-corrected chi connectivity index (χ2v) is 6.05. The summed E-state index contributed by atoms with van der Waals surface area (Å²) in [6, 6.07) is 14.6. The Bertz CT molecular complexity index is 595. The van der Waals surface area contributed by atoms with E-state index in [1.807, 2.05) is 12.1 Å². The van der Waals surface area contributed by atoms with Crippen LogP contribution in [0.1, 0.15) is 23.6 Å². The average Bonchev–Trinajstić information content (AvgIpc) is 2.55. The van der Waals surface area contributed by atoms with Crippen molar-refractivity contribution in [2.24, 2.45) is 0 Å². The molecule has 2 nitrogen and oxygen atoms in total. The second-order valence-electron chi connectivity index (χ2n) is 5.07. The van der Waals surface area contributed by atoms with Crippen LogP contribution in [0.4, 0.5) is 4.39 Å². The molecule has 0 aromatic heterocycles. The number of aryl methyl sites for hydroxylation is 1. The summed E-state index contributed by atoms with van der Waals surface area (Å²) >= 11 is 1.53. The van der Waals surface area contributed by atoms with E-state index in [0.29, 0.717) is 18.1 Å². The molecule has 116 valence electrons. The van der Waals surface area contributed by atoms with E-state index in [0.717, 1.165) is 17.5 Å². The molecule has 2 rings (SSSR count). The SMILES string of the molecule is CCc1ccc(CNC(=O)CSCc2ccc(F)cc2)cc1. The lowest BCUT2D eigenvalue weighted by molar-refractivity contribution is -0.118. The van der Waals surface area contributed by atoms with Gasteiger partial charge in [0.15, 0.2) is 0 Å². The molecule has 1 amide bonds. The predicted molar refractivity (Wildman–Crippen MR) is 90.2 cm³/mol. The van der Waals surface area contributed by atoms with Crippen LogP contribution in [-0.2, 0) is 23.5 Å². The lowest BCUT2D eigenvalue weighted by Gasteiger charge is -2.06. The van der Waals surface area contributed by atoms with Gasteiger partial charge in [-0.2, -0.15) is 0 Å². The van der Waals surface area contributed by atoms with Crippen molar-refractivity contribution in [1.82, 2.24) is 5.32 Å². The molecule has 2 aromatic rings. The summed E-state index contributed by atoms with van der Waals surface area (Å²) in [6.45, 7) is 2.68. The van der Waals surface area contributed by atoms with Gasteiger partial charge in [0.2, 0.25) is 5.91 Å². The van der Waals surface area contributed by atoms with Gasteiger partial charge in [-0.3, -0.25) is 4.79 Å². The van der Waals surface area contributed by atoms with Crippen molar-refractivity contribution in [1.29, 1.82) is 0 Å². The molecular weight excluding hydrogens is 297 g/mol. The molecule has 0 radical (unpaired) electrons. The Morgan fingerprint density at radius 2 is 1.59 bits per heavy atom. The topological polar surface area (TPSA) is 29.1 Å². The summed E-state index contributed by atoms with van der Waals surface area (Å²) in [7, 11) is 0. The maximum Gasteiger partial charge on any atom is 0.230 e. The number of hydrogen-bond acceptors (Lipinski definition) is 2. The maximum atomic E-state index is 12.8. The van der Waals surface area contributed by atoms with E-state index in [-0.39, 0.29) is 11.7 Å². The number of rotatable bonds is 7. The van der Waals surface area contributed by atoms with Gasteiger partial charge >= 0.3 is 0 Å². The zero-order valence-corrected chi connectivity index (χ0v) is 13.5. The molecule has 1 N–H and O–H groups in total. The third-order valence-electron chi connectivity index (χ3n) is 3.34. The van der Waals surface area contributed by atoms with Crippen molar-refractivity contribution < 1.29 is 9.18 Å². The standard InChI is InChI=1S/C18H20FNOS/c1-2-14-3-5-15(6-4-14)11-20-18(21)13-22-12-16-7-9-17(19)10-8-16/h3-10H,2,11-13H2,1H3,(H,20,21). The van der Waals surface area contributed by atoms with Crippen LogP contribution >= 0.6 is 11.8 Å². The normalized spacial score (nSPS) is 10.5. The molecule has 0 bridgehead atoms. The third-order valence-corrected chi connectivity index (χ3v) is 4.34. The second kappa shape index (κ2) is 8.59. The fourth-order valence-corrected chi connectivity index (χ4v) is 2.80. The number of amides is 1. The monoisotopic (exact) mass is 317 g/mol. The number of hydrogen-bond donors (Lipinski definition) is 1. The highest BCUT2D eigenvalue weighted by atomic mass is 32.2. The minimum absolute atomic E-state index is 0.0201. The molecule has 0 saturated heterocycles. The molecule has 0 atom stereocenters. The Morgan fingerprint density at radius 3 is 2.23 bits per heavy atom. The maximum absolute atomic E-state index is 12.8. The molecule has 0 aliphatic carbocycles. The zero-order valence-electron chi connectivity index (χ0n) is 12.6. The van der Waals surface area contributed by atoms with Crippen LogP contribution in [0.2, 0.25) is 0 Å². The quantitative estimate of drug-likeness (QED) is 0.838.